The Kier molecular flexibility index (Phi) is 5.04. The molecule has 0 aliphatic heterocycles. The van der Waals surface area contributed by atoms with E-state index in [-0.39, 0.29) is 0 Å². The van der Waals surface area contributed by atoms with Crippen molar-refractivity contribution in [1.82, 2.24) is 0 Å². The Morgan fingerprint density at radius 1 is 1.22 bits per heavy atom. The van der Waals surface area contributed by atoms with E-state index < -0.39 is 9.28 Å². The highest BCUT2D eigenvalue weighted by Crippen LogP contribution is 2.07. The van der Waals surface area contributed by atoms with E-state index in [1.54, 1.807) is 14.2 Å². The first-order chi connectivity index (χ1) is 4.20. The van der Waals surface area contributed by atoms with E-state index in [0.29, 0.717) is 0 Å². The minimum Gasteiger partial charge on any atom is -0.400 e. The number of hydrogen-bond acceptors (Lipinski definition) is 2. The predicted molar refractivity (Wildman–Crippen MR) is 40.6 cm³/mol. The van der Waals surface area contributed by atoms with Gasteiger partial charge in [0.25, 0.3) is 0 Å². The van der Waals surface area contributed by atoms with Crippen LogP contribution in [0, 0.1) is 5.92 Å². The van der Waals surface area contributed by atoms with E-state index in [4.69, 9.17) is 8.85 Å². The van der Waals surface area contributed by atoms with E-state index in [2.05, 4.69) is 13.8 Å². The molecule has 0 aromatic carbocycles. The highest BCUT2D eigenvalue weighted by Gasteiger charge is 2.10. The van der Waals surface area contributed by atoms with Crippen molar-refractivity contribution in [3.63, 3.8) is 0 Å². The molecule has 0 rings (SSSR count). The molecule has 0 aliphatic rings. The lowest BCUT2D eigenvalue weighted by atomic mass is 10.3. The summed E-state index contributed by atoms with van der Waals surface area (Å²) in [6.07, 6.45) is 0. The fourth-order valence-corrected chi connectivity index (χ4v) is 1.79. The van der Waals surface area contributed by atoms with Crippen LogP contribution in [0.25, 0.3) is 0 Å². The van der Waals surface area contributed by atoms with Gasteiger partial charge in [-0.05, 0) is 12.0 Å². The molecule has 9 heavy (non-hydrogen) atoms. The molecule has 2 nitrogen and oxygen atoms in total. The molecule has 0 atom stereocenters. The molecule has 0 heterocycles. The van der Waals surface area contributed by atoms with Crippen molar-refractivity contribution in [2.45, 2.75) is 19.9 Å². The largest absolute Gasteiger partial charge is 0.400 e. The van der Waals surface area contributed by atoms with Crippen LogP contribution in [0.3, 0.4) is 0 Å². The summed E-state index contributed by atoms with van der Waals surface area (Å²) in [6, 6.07) is 1.02. The molecule has 0 saturated heterocycles. The number of hydrogen-bond donors (Lipinski definition) is 0. The highest BCUT2D eigenvalue weighted by molar-refractivity contribution is 6.44. The topological polar surface area (TPSA) is 18.5 Å². The van der Waals surface area contributed by atoms with Crippen LogP contribution in [0.15, 0.2) is 0 Å². The van der Waals surface area contributed by atoms with E-state index >= 15 is 0 Å². The summed E-state index contributed by atoms with van der Waals surface area (Å²) in [4.78, 5) is 0. The highest BCUT2D eigenvalue weighted by atomic mass is 28.3. The third-order valence-electron chi connectivity index (χ3n) is 1.10. The van der Waals surface area contributed by atoms with Crippen molar-refractivity contribution in [2.75, 3.05) is 14.2 Å². The lowest BCUT2D eigenvalue weighted by Gasteiger charge is -2.11. The van der Waals surface area contributed by atoms with E-state index in [1.807, 2.05) is 0 Å². The van der Waals surface area contributed by atoms with Crippen LogP contribution in [-0.4, -0.2) is 23.5 Å². The fourth-order valence-electron chi connectivity index (χ4n) is 0.596. The standard InChI is InChI=1S/C6H15O2Si/c1-6(2)5-9(7-3)8-4/h9H,5H2,1-4H3. The molecule has 0 saturated carbocycles. The maximum atomic E-state index is 5.11. The van der Waals surface area contributed by atoms with Crippen LogP contribution in [-0.2, 0) is 8.85 Å². The average molecular weight is 147 g/mol. The molecule has 0 aliphatic carbocycles. The average Bonchev–Trinajstić information content (AvgIpc) is 1.82. The third kappa shape index (κ3) is 4.63. The Morgan fingerprint density at radius 2 is 1.67 bits per heavy atom. The quantitative estimate of drug-likeness (QED) is 0.555. The second-order valence-corrected chi connectivity index (χ2v) is 4.52. The smallest absolute Gasteiger partial charge is 0.321 e. The van der Waals surface area contributed by atoms with Crippen LogP contribution in [0.2, 0.25) is 6.04 Å². The predicted octanol–water partition coefficient (Wildman–Crippen LogP) is 1.11. The molecule has 0 amide bonds. The Hall–Kier alpha value is 0.137. The minimum atomic E-state index is -1.29. The molecule has 0 aromatic heterocycles. The van der Waals surface area contributed by atoms with Crippen molar-refractivity contribution in [1.29, 1.82) is 0 Å². The molecule has 1 radical (unpaired) electrons. The first-order valence-corrected chi connectivity index (χ1v) is 4.81. The van der Waals surface area contributed by atoms with Crippen LogP contribution >= 0.6 is 0 Å². The zero-order valence-electron chi connectivity index (χ0n) is 6.60. The minimum absolute atomic E-state index is 1.02. The van der Waals surface area contributed by atoms with Gasteiger partial charge in [-0.1, -0.05) is 13.8 Å². The van der Waals surface area contributed by atoms with Crippen molar-refractivity contribution in [3.05, 3.63) is 5.92 Å². The van der Waals surface area contributed by atoms with Crippen molar-refractivity contribution in [3.8, 4) is 0 Å². The van der Waals surface area contributed by atoms with Gasteiger partial charge < -0.3 is 8.85 Å². The summed E-state index contributed by atoms with van der Waals surface area (Å²) in [7, 11) is 2.14. The Bertz CT molecular complexity index is 62.1. The van der Waals surface area contributed by atoms with Crippen molar-refractivity contribution >= 4 is 9.28 Å². The third-order valence-corrected chi connectivity index (χ3v) is 3.30. The lowest BCUT2D eigenvalue weighted by Crippen LogP contribution is -2.20. The first-order valence-electron chi connectivity index (χ1n) is 3.05. The van der Waals surface area contributed by atoms with Gasteiger partial charge in [-0.2, -0.15) is 0 Å². The summed E-state index contributed by atoms with van der Waals surface area (Å²) in [5, 5.41) is 0. The van der Waals surface area contributed by atoms with Gasteiger partial charge in [-0.3, -0.25) is 0 Å². The monoisotopic (exact) mass is 147 g/mol. The van der Waals surface area contributed by atoms with Gasteiger partial charge in [0.2, 0.25) is 0 Å². The maximum absolute atomic E-state index is 5.11. The molecule has 0 bridgehead atoms. The molecule has 0 N–H and O–H groups in total. The Labute approximate surface area is 59.0 Å². The molecule has 0 aromatic rings. The van der Waals surface area contributed by atoms with Gasteiger partial charge in [-0.15, -0.1) is 0 Å². The molecule has 0 fully saturated rings. The fraction of sp³-hybridized carbons (Fsp3) is 0.833. The summed E-state index contributed by atoms with van der Waals surface area (Å²) >= 11 is 0. The lowest BCUT2D eigenvalue weighted by molar-refractivity contribution is 0.278. The van der Waals surface area contributed by atoms with Crippen molar-refractivity contribution < 1.29 is 8.85 Å². The van der Waals surface area contributed by atoms with E-state index in [1.165, 1.54) is 5.92 Å². The molecular formula is C6H15O2Si. The number of rotatable bonds is 4. The first kappa shape index (κ1) is 9.14. The molecule has 3 heteroatoms. The summed E-state index contributed by atoms with van der Waals surface area (Å²) < 4.78 is 10.2. The summed E-state index contributed by atoms with van der Waals surface area (Å²) in [5.74, 6) is 1.38. The normalized spacial score (nSPS) is 11.3. The molecule has 0 spiro atoms. The zero-order chi connectivity index (χ0) is 7.28. The summed E-state index contributed by atoms with van der Waals surface area (Å²) in [6.45, 7) is 4.19. The summed E-state index contributed by atoms with van der Waals surface area (Å²) in [5.41, 5.74) is 0. The Balaban J connectivity index is 3.31. The van der Waals surface area contributed by atoms with E-state index in [0.717, 1.165) is 6.04 Å². The molecule has 0 unspecified atom stereocenters. The van der Waals surface area contributed by atoms with Crippen molar-refractivity contribution in [2.24, 2.45) is 0 Å². The Morgan fingerprint density at radius 3 is 1.78 bits per heavy atom. The van der Waals surface area contributed by atoms with Crippen LogP contribution in [0.5, 0.6) is 0 Å². The molecular weight excluding hydrogens is 132 g/mol. The molecule has 55 valence electrons. The van der Waals surface area contributed by atoms with Gasteiger partial charge in [0.15, 0.2) is 0 Å². The SMILES string of the molecule is CO[SiH](C[C](C)C)OC. The van der Waals surface area contributed by atoms with Crippen LogP contribution < -0.4 is 0 Å². The van der Waals surface area contributed by atoms with Gasteiger partial charge in [0, 0.05) is 14.2 Å². The zero-order valence-corrected chi connectivity index (χ0v) is 7.76. The second kappa shape index (κ2) is 4.96. The maximum Gasteiger partial charge on any atom is 0.321 e. The van der Waals surface area contributed by atoms with Gasteiger partial charge >= 0.3 is 9.28 Å². The van der Waals surface area contributed by atoms with Gasteiger partial charge in [-0.25, -0.2) is 0 Å². The van der Waals surface area contributed by atoms with Gasteiger partial charge in [0.05, 0.1) is 0 Å². The van der Waals surface area contributed by atoms with E-state index in [9.17, 15) is 0 Å². The van der Waals surface area contributed by atoms with Crippen LogP contribution in [0.1, 0.15) is 13.8 Å². The van der Waals surface area contributed by atoms with Gasteiger partial charge in [0.1, 0.15) is 0 Å². The second-order valence-electron chi connectivity index (χ2n) is 2.31. The van der Waals surface area contributed by atoms with Crippen LogP contribution in [0.4, 0.5) is 0 Å².